The largest absolute Gasteiger partial charge is 0.489 e. The molecule has 0 radical (unpaired) electrons. The Balaban J connectivity index is 1.51. The molecule has 2 heterocycles. The number of likely N-dealkylation sites (N-methyl/N-ethyl adjacent to an activating group) is 1. The van der Waals surface area contributed by atoms with Gasteiger partial charge in [-0.2, -0.15) is 8.78 Å². The number of hydrogen-bond acceptors (Lipinski definition) is 5. The zero-order valence-electron chi connectivity index (χ0n) is 15.8. The first-order chi connectivity index (χ1) is 14.4. The number of para-hydroxylation sites is 2. The molecule has 154 valence electrons. The number of carbonyl (C=O) groups excluding carboxylic acids is 2. The molecule has 0 saturated heterocycles. The van der Waals surface area contributed by atoms with E-state index in [1.54, 1.807) is 37.4 Å². The zero-order chi connectivity index (χ0) is 21.3. The SMILES string of the molecule is CN1C(=O)[C@H](NC(=O)c2cc(C(F)(F)c3ccccc3)on2)COc2ccccc21. The van der Waals surface area contributed by atoms with Crippen LogP contribution in [-0.4, -0.2) is 36.7 Å². The summed E-state index contributed by atoms with van der Waals surface area (Å²) in [4.78, 5) is 26.6. The highest BCUT2D eigenvalue weighted by Crippen LogP contribution is 2.35. The van der Waals surface area contributed by atoms with Crippen LogP contribution in [0.2, 0.25) is 0 Å². The first kappa shape index (κ1) is 19.6. The van der Waals surface area contributed by atoms with Crippen LogP contribution < -0.4 is 15.0 Å². The lowest BCUT2D eigenvalue weighted by molar-refractivity contribution is -0.120. The summed E-state index contributed by atoms with van der Waals surface area (Å²) < 4.78 is 39.5. The van der Waals surface area contributed by atoms with Gasteiger partial charge in [-0.3, -0.25) is 9.59 Å². The maximum Gasteiger partial charge on any atom is 0.332 e. The van der Waals surface area contributed by atoms with Crippen molar-refractivity contribution in [1.82, 2.24) is 10.5 Å². The number of carbonyl (C=O) groups is 2. The fourth-order valence-corrected chi connectivity index (χ4v) is 3.11. The summed E-state index contributed by atoms with van der Waals surface area (Å²) in [5.41, 5.74) is -0.0943. The lowest BCUT2D eigenvalue weighted by Crippen LogP contribution is -2.49. The van der Waals surface area contributed by atoms with E-state index in [1.807, 2.05) is 0 Å². The second-order valence-electron chi connectivity index (χ2n) is 6.72. The molecule has 0 fully saturated rings. The quantitative estimate of drug-likeness (QED) is 0.711. The summed E-state index contributed by atoms with van der Waals surface area (Å²) in [7, 11) is 1.56. The van der Waals surface area contributed by atoms with Gasteiger partial charge in [-0.1, -0.05) is 47.6 Å². The smallest absolute Gasteiger partial charge is 0.332 e. The molecule has 2 amide bonds. The van der Waals surface area contributed by atoms with Crippen molar-refractivity contribution < 1.29 is 27.6 Å². The normalized spacial score (nSPS) is 16.4. The van der Waals surface area contributed by atoms with Gasteiger partial charge in [0.2, 0.25) is 5.76 Å². The molecule has 0 unspecified atom stereocenters. The van der Waals surface area contributed by atoms with Crippen molar-refractivity contribution in [2.45, 2.75) is 12.0 Å². The van der Waals surface area contributed by atoms with E-state index in [1.165, 1.54) is 29.2 Å². The number of benzene rings is 2. The van der Waals surface area contributed by atoms with Crippen molar-refractivity contribution in [2.75, 3.05) is 18.6 Å². The van der Waals surface area contributed by atoms with Crippen LogP contribution in [-0.2, 0) is 10.7 Å². The molecule has 2 aromatic carbocycles. The van der Waals surface area contributed by atoms with Gasteiger partial charge in [0.15, 0.2) is 5.69 Å². The second-order valence-corrected chi connectivity index (χ2v) is 6.72. The van der Waals surface area contributed by atoms with Crippen LogP contribution in [0.1, 0.15) is 21.8 Å². The Kier molecular flexibility index (Phi) is 4.94. The summed E-state index contributed by atoms with van der Waals surface area (Å²) in [5, 5.41) is 5.92. The average Bonchev–Trinajstić information content (AvgIpc) is 3.24. The average molecular weight is 413 g/mol. The number of rotatable bonds is 4. The van der Waals surface area contributed by atoms with Crippen LogP contribution in [0.5, 0.6) is 5.75 Å². The van der Waals surface area contributed by atoms with Gasteiger partial charge in [-0.25, -0.2) is 0 Å². The van der Waals surface area contributed by atoms with E-state index < -0.39 is 29.5 Å². The minimum Gasteiger partial charge on any atom is -0.489 e. The summed E-state index contributed by atoms with van der Waals surface area (Å²) in [6.07, 6.45) is 0. The number of fused-ring (bicyclic) bond motifs is 1. The van der Waals surface area contributed by atoms with E-state index in [9.17, 15) is 18.4 Å². The Morgan fingerprint density at radius 1 is 1.17 bits per heavy atom. The van der Waals surface area contributed by atoms with Crippen LogP contribution in [0.3, 0.4) is 0 Å². The highest BCUT2D eigenvalue weighted by atomic mass is 19.3. The summed E-state index contributed by atoms with van der Waals surface area (Å²) in [5.74, 6) is -4.97. The number of ether oxygens (including phenoxy) is 1. The van der Waals surface area contributed by atoms with Gasteiger partial charge in [0, 0.05) is 18.7 Å². The highest BCUT2D eigenvalue weighted by molar-refractivity contribution is 6.02. The summed E-state index contributed by atoms with van der Waals surface area (Å²) >= 11 is 0. The lowest BCUT2D eigenvalue weighted by Gasteiger charge is -2.19. The Labute approximate surface area is 170 Å². The molecular formula is C21H17F2N3O4. The van der Waals surface area contributed by atoms with Crippen molar-refractivity contribution in [2.24, 2.45) is 0 Å². The third-order valence-electron chi connectivity index (χ3n) is 4.75. The van der Waals surface area contributed by atoms with E-state index >= 15 is 0 Å². The van der Waals surface area contributed by atoms with Crippen LogP contribution in [0.15, 0.2) is 65.2 Å². The third kappa shape index (κ3) is 3.49. The fraction of sp³-hybridized carbons (Fsp3) is 0.190. The third-order valence-corrected chi connectivity index (χ3v) is 4.75. The molecular weight excluding hydrogens is 396 g/mol. The van der Waals surface area contributed by atoms with Crippen LogP contribution in [0.25, 0.3) is 0 Å². The maximum absolute atomic E-state index is 14.6. The van der Waals surface area contributed by atoms with Gasteiger partial charge in [0.1, 0.15) is 18.4 Å². The van der Waals surface area contributed by atoms with Gasteiger partial charge in [0.25, 0.3) is 11.8 Å². The molecule has 1 aromatic heterocycles. The molecule has 4 rings (SSSR count). The van der Waals surface area contributed by atoms with Crippen LogP contribution >= 0.6 is 0 Å². The number of hydrogen-bond donors (Lipinski definition) is 1. The zero-order valence-corrected chi connectivity index (χ0v) is 15.8. The van der Waals surface area contributed by atoms with Crippen molar-refractivity contribution >= 4 is 17.5 Å². The molecule has 3 aromatic rings. The summed E-state index contributed by atoms with van der Waals surface area (Å²) in [6, 6.07) is 13.8. The molecule has 7 nitrogen and oxygen atoms in total. The Hall–Kier alpha value is -3.75. The molecule has 0 aliphatic carbocycles. The molecule has 0 saturated carbocycles. The first-order valence-electron chi connectivity index (χ1n) is 9.08. The van der Waals surface area contributed by atoms with Crippen molar-refractivity contribution in [3.8, 4) is 5.75 Å². The topological polar surface area (TPSA) is 84.7 Å². The molecule has 0 spiro atoms. The van der Waals surface area contributed by atoms with Gasteiger partial charge < -0.3 is 19.5 Å². The standard InChI is InChI=1S/C21H17F2N3O4/c1-26-16-9-5-6-10-17(16)29-12-15(20(26)28)24-19(27)14-11-18(30-25-14)21(22,23)13-7-3-2-4-8-13/h2-11,15H,12H2,1H3,(H,24,27)/t15-/m1/s1. The van der Waals surface area contributed by atoms with E-state index in [0.717, 1.165) is 6.07 Å². The predicted molar refractivity (Wildman–Crippen MR) is 103 cm³/mol. The van der Waals surface area contributed by atoms with Gasteiger partial charge in [0.05, 0.1) is 5.69 Å². The molecule has 30 heavy (non-hydrogen) atoms. The second kappa shape index (κ2) is 7.58. The Bertz CT molecular complexity index is 1080. The van der Waals surface area contributed by atoms with Crippen LogP contribution in [0, 0.1) is 0 Å². The van der Waals surface area contributed by atoms with Crippen molar-refractivity contribution in [1.29, 1.82) is 0 Å². The molecule has 0 bridgehead atoms. The van der Waals surface area contributed by atoms with E-state index in [-0.39, 0.29) is 17.9 Å². The van der Waals surface area contributed by atoms with Crippen molar-refractivity contribution in [3.05, 3.63) is 77.7 Å². The maximum atomic E-state index is 14.6. The molecule has 9 heteroatoms. The highest BCUT2D eigenvalue weighted by Gasteiger charge is 2.39. The Morgan fingerprint density at radius 3 is 2.63 bits per heavy atom. The van der Waals surface area contributed by atoms with Crippen molar-refractivity contribution in [3.63, 3.8) is 0 Å². The Morgan fingerprint density at radius 2 is 1.87 bits per heavy atom. The molecule has 1 aliphatic rings. The minimum absolute atomic E-state index is 0.114. The van der Waals surface area contributed by atoms with E-state index in [4.69, 9.17) is 9.26 Å². The summed E-state index contributed by atoms with van der Waals surface area (Å²) in [6.45, 7) is -0.114. The lowest BCUT2D eigenvalue weighted by atomic mass is 10.1. The van der Waals surface area contributed by atoms with Gasteiger partial charge >= 0.3 is 5.92 Å². The molecule has 1 N–H and O–H groups in total. The number of nitrogens with zero attached hydrogens (tertiary/aromatic N) is 2. The van der Waals surface area contributed by atoms with E-state index in [0.29, 0.717) is 11.4 Å². The molecule has 1 aliphatic heterocycles. The number of amides is 2. The van der Waals surface area contributed by atoms with Gasteiger partial charge in [-0.05, 0) is 12.1 Å². The number of aromatic nitrogens is 1. The minimum atomic E-state index is -3.46. The van der Waals surface area contributed by atoms with E-state index in [2.05, 4.69) is 10.5 Å². The monoisotopic (exact) mass is 413 g/mol. The predicted octanol–water partition coefficient (Wildman–Crippen LogP) is 2.97. The fourth-order valence-electron chi connectivity index (χ4n) is 3.11. The van der Waals surface area contributed by atoms with Gasteiger partial charge in [-0.15, -0.1) is 0 Å². The molecule has 1 atom stereocenters. The number of nitrogens with one attached hydrogen (secondary N) is 1. The first-order valence-corrected chi connectivity index (χ1v) is 9.08. The number of halogens is 2. The van der Waals surface area contributed by atoms with Crippen LogP contribution in [0.4, 0.5) is 14.5 Å². The number of alkyl halides is 2. The number of anilines is 1.